The molecule has 31 heavy (non-hydrogen) atoms. The summed E-state index contributed by atoms with van der Waals surface area (Å²) in [6.45, 7) is 1.01. The summed E-state index contributed by atoms with van der Waals surface area (Å²) in [7, 11) is 0. The predicted octanol–water partition coefficient (Wildman–Crippen LogP) is 4.65. The Hall–Kier alpha value is -3.18. The molecule has 1 saturated heterocycles. The largest absolute Gasteiger partial charge is 0.352 e. The molecule has 3 aromatic rings. The van der Waals surface area contributed by atoms with E-state index in [0.29, 0.717) is 29.2 Å². The van der Waals surface area contributed by atoms with Crippen molar-refractivity contribution in [2.24, 2.45) is 5.92 Å². The molecule has 2 amide bonds. The molecule has 0 bridgehead atoms. The summed E-state index contributed by atoms with van der Waals surface area (Å²) >= 11 is 5.93. The number of rotatable bonds is 5. The lowest BCUT2D eigenvalue weighted by Gasteiger charge is -2.18. The second-order valence-electron chi connectivity index (χ2n) is 7.69. The van der Waals surface area contributed by atoms with Crippen LogP contribution >= 0.6 is 11.6 Å². The number of halogens is 2. The number of carbonyl (C=O) groups is 2. The maximum atomic E-state index is 13.9. The lowest BCUT2D eigenvalue weighted by Crippen LogP contribution is -2.35. The highest BCUT2D eigenvalue weighted by Crippen LogP contribution is 2.34. The van der Waals surface area contributed by atoms with Gasteiger partial charge in [-0.2, -0.15) is 0 Å². The molecule has 2 atom stereocenters. The quantitative estimate of drug-likeness (QED) is 0.632. The number of nitrogens with one attached hydrogen (secondary N) is 1. The van der Waals surface area contributed by atoms with Crippen LogP contribution in [0.2, 0.25) is 5.02 Å². The first-order valence-electron chi connectivity index (χ1n) is 10.1. The van der Waals surface area contributed by atoms with Gasteiger partial charge in [0, 0.05) is 36.1 Å². The molecular weight excluding hydrogens is 415 g/mol. The van der Waals surface area contributed by atoms with Crippen molar-refractivity contribution in [1.82, 2.24) is 10.2 Å². The third kappa shape index (κ3) is 4.94. The number of nitrogens with zero attached hydrogens (tertiary/aromatic N) is 1. The van der Waals surface area contributed by atoms with Crippen molar-refractivity contribution in [3.63, 3.8) is 0 Å². The van der Waals surface area contributed by atoms with Gasteiger partial charge in [0.2, 0.25) is 5.91 Å². The Morgan fingerprint density at radius 3 is 2.42 bits per heavy atom. The Morgan fingerprint density at radius 1 is 0.968 bits per heavy atom. The van der Waals surface area contributed by atoms with Gasteiger partial charge in [-0.15, -0.1) is 0 Å². The molecule has 0 unspecified atom stereocenters. The highest BCUT2D eigenvalue weighted by Gasteiger charge is 2.40. The monoisotopic (exact) mass is 436 g/mol. The minimum Gasteiger partial charge on any atom is -0.352 e. The normalized spacial score (nSPS) is 18.1. The van der Waals surface area contributed by atoms with Crippen molar-refractivity contribution in [3.05, 3.63) is 106 Å². The van der Waals surface area contributed by atoms with E-state index in [0.717, 1.165) is 5.56 Å². The van der Waals surface area contributed by atoms with Crippen molar-refractivity contribution in [2.75, 3.05) is 13.1 Å². The van der Waals surface area contributed by atoms with Gasteiger partial charge in [0.05, 0.1) is 5.92 Å². The summed E-state index contributed by atoms with van der Waals surface area (Å²) in [6, 6.07) is 22.6. The Kier molecular flexibility index (Phi) is 6.33. The van der Waals surface area contributed by atoms with Crippen LogP contribution in [0.3, 0.4) is 0 Å². The molecular formula is C25H22ClFN2O2. The van der Waals surface area contributed by atoms with E-state index in [9.17, 15) is 14.0 Å². The third-order valence-electron chi connectivity index (χ3n) is 5.62. The summed E-state index contributed by atoms with van der Waals surface area (Å²) in [4.78, 5) is 27.8. The molecule has 1 heterocycles. The number of benzene rings is 3. The van der Waals surface area contributed by atoms with Crippen molar-refractivity contribution in [1.29, 1.82) is 0 Å². The van der Waals surface area contributed by atoms with E-state index in [1.807, 2.05) is 36.4 Å². The number of carbonyl (C=O) groups excluding carboxylic acids is 2. The fourth-order valence-electron chi connectivity index (χ4n) is 4.00. The second kappa shape index (κ2) is 9.31. The highest BCUT2D eigenvalue weighted by molar-refractivity contribution is 6.30. The van der Waals surface area contributed by atoms with E-state index < -0.39 is 5.92 Å². The average molecular weight is 437 g/mol. The fourth-order valence-corrected chi connectivity index (χ4v) is 4.13. The molecule has 0 aromatic heterocycles. The van der Waals surface area contributed by atoms with Crippen LogP contribution in [0.1, 0.15) is 27.4 Å². The van der Waals surface area contributed by atoms with E-state index in [2.05, 4.69) is 5.32 Å². The van der Waals surface area contributed by atoms with Gasteiger partial charge in [0.15, 0.2) is 0 Å². The van der Waals surface area contributed by atoms with Crippen LogP contribution in [0, 0.1) is 11.7 Å². The van der Waals surface area contributed by atoms with Crippen LogP contribution in [0.25, 0.3) is 0 Å². The van der Waals surface area contributed by atoms with Crippen LogP contribution < -0.4 is 5.32 Å². The average Bonchev–Trinajstić information content (AvgIpc) is 3.24. The van der Waals surface area contributed by atoms with Gasteiger partial charge in [-0.25, -0.2) is 4.39 Å². The van der Waals surface area contributed by atoms with Crippen molar-refractivity contribution in [2.45, 2.75) is 12.5 Å². The first-order valence-corrected chi connectivity index (χ1v) is 10.5. The van der Waals surface area contributed by atoms with E-state index >= 15 is 0 Å². The van der Waals surface area contributed by atoms with Crippen molar-refractivity contribution >= 4 is 23.4 Å². The summed E-state index contributed by atoms with van der Waals surface area (Å²) in [5, 5.41) is 3.52. The summed E-state index contributed by atoms with van der Waals surface area (Å²) in [6.07, 6.45) is 0. The lowest BCUT2D eigenvalue weighted by molar-refractivity contribution is -0.125. The first kappa shape index (κ1) is 21.1. The minimum atomic E-state index is -0.471. The summed E-state index contributed by atoms with van der Waals surface area (Å²) in [5.41, 5.74) is 2.21. The molecule has 3 aromatic carbocycles. The van der Waals surface area contributed by atoms with Crippen molar-refractivity contribution < 1.29 is 14.0 Å². The van der Waals surface area contributed by atoms with Crippen LogP contribution in [0.15, 0.2) is 78.9 Å². The molecule has 1 fully saturated rings. The Morgan fingerprint density at radius 2 is 1.71 bits per heavy atom. The van der Waals surface area contributed by atoms with Gasteiger partial charge in [-0.05, 0) is 47.5 Å². The number of hydrogen-bond acceptors (Lipinski definition) is 2. The second-order valence-corrected chi connectivity index (χ2v) is 8.12. The fraction of sp³-hybridized carbons (Fsp3) is 0.200. The zero-order valence-corrected chi connectivity index (χ0v) is 17.6. The standard InChI is InChI=1S/C25H22ClFN2O2/c26-20-11-9-18(10-12-20)25(31)29-15-22(19-7-4-8-21(27)13-19)23(16-29)24(30)28-14-17-5-2-1-3-6-17/h1-13,22-23H,14-16H2,(H,28,30)/t22-,23-/m0/s1. The molecule has 0 spiro atoms. The number of amides is 2. The summed E-state index contributed by atoms with van der Waals surface area (Å²) in [5.74, 6) is -1.44. The predicted molar refractivity (Wildman–Crippen MR) is 118 cm³/mol. The molecule has 4 nitrogen and oxygen atoms in total. The zero-order chi connectivity index (χ0) is 21.8. The van der Waals surface area contributed by atoms with Gasteiger partial charge in [0.25, 0.3) is 5.91 Å². The Labute approximate surface area is 185 Å². The molecule has 0 radical (unpaired) electrons. The van der Waals surface area contributed by atoms with Crippen LogP contribution in [-0.4, -0.2) is 29.8 Å². The SMILES string of the molecule is O=C(NCc1ccccc1)[C@H]1CN(C(=O)c2ccc(Cl)cc2)C[C@H]1c1cccc(F)c1. The highest BCUT2D eigenvalue weighted by atomic mass is 35.5. The van der Waals surface area contributed by atoms with E-state index in [4.69, 9.17) is 11.6 Å². The van der Waals surface area contributed by atoms with Crippen LogP contribution in [0.5, 0.6) is 0 Å². The Balaban J connectivity index is 1.55. The van der Waals surface area contributed by atoms with Gasteiger partial charge in [-0.1, -0.05) is 54.1 Å². The molecule has 4 rings (SSSR count). The smallest absolute Gasteiger partial charge is 0.253 e. The minimum absolute atomic E-state index is 0.149. The molecule has 1 aliphatic heterocycles. The molecule has 1 aliphatic rings. The van der Waals surface area contributed by atoms with E-state index in [1.165, 1.54) is 12.1 Å². The van der Waals surface area contributed by atoms with Gasteiger partial charge >= 0.3 is 0 Å². The molecule has 0 aliphatic carbocycles. The maximum Gasteiger partial charge on any atom is 0.253 e. The first-order chi connectivity index (χ1) is 15.0. The number of hydrogen-bond donors (Lipinski definition) is 1. The van der Waals surface area contributed by atoms with E-state index in [-0.39, 0.29) is 30.1 Å². The number of likely N-dealkylation sites (tertiary alicyclic amines) is 1. The zero-order valence-electron chi connectivity index (χ0n) is 16.8. The summed E-state index contributed by atoms with van der Waals surface area (Å²) < 4.78 is 13.9. The van der Waals surface area contributed by atoms with E-state index in [1.54, 1.807) is 35.2 Å². The van der Waals surface area contributed by atoms with Gasteiger partial charge in [0.1, 0.15) is 5.82 Å². The maximum absolute atomic E-state index is 13.9. The lowest BCUT2D eigenvalue weighted by atomic mass is 9.88. The Bertz CT molecular complexity index is 1070. The topological polar surface area (TPSA) is 49.4 Å². The van der Waals surface area contributed by atoms with Crippen LogP contribution in [0.4, 0.5) is 4.39 Å². The van der Waals surface area contributed by atoms with Gasteiger partial charge in [-0.3, -0.25) is 9.59 Å². The molecule has 6 heteroatoms. The van der Waals surface area contributed by atoms with Gasteiger partial charge < -0.3 is 10.2 Å². The van der Waals surface area contributed by atoms with Crippen LogP contribution in [-0.2, 0) is 11.3 Å². The molecule has 1 N–H and O–H groups in total. The molecule has 0 saturated carbocycles. The molecule has 158 valence electrons. The van der Waals surface area contributed by atoms with Crippen molar-refractivity contribution in [3.8, 4) is 0 Å². The third-order valence-corrected chi connectivity index (χ3v) is 5.87.